The van der Waals surface area contributed by atoms with Crippen molar-refractivity contribution in [3.05, 3.63) is 231 Å². The van der Waals surface area contributed by atoms with Crippen LogP contribution >= 0.6 is 0 Å². The van der Waals surface area contributed by atoms with Crippen molar-refractivity contribution in [2.24, 2.45) is 0 Å². The molecule has 0 bridgehead atoms. The second-order valence-electron chi connectivity index (χ2n) is 24.4. The Morgan fingerprint density at radius 1 is 0.316 bits per heavy atom. The lowest BCUT2D eigenvalue weighted by Crippen LogP contribution is -2.40. The lowest BCUT2D eigenvalue weighted by Gasteiger charge is -2.25. The van der Waals surface area contributed by atoms with Crippen LogP contribution in [-0.2, 0) is 33.3 Å². The Morgan fingerprint density at radius 3 is 0.842 bits per heavy atom. The van der Waals surface area contributed by atoms with Gasteiger partial charge in [0.1, 0.15) is 13.2 Å². The number of likely N-dealkylation sites (N-methyl/N-ethyl adjacent to an activating group) is 1. The maximum absolute atomic E-state index is 13.0. The number of quaternary nitrogens is 1. The number of ether oxygens (including phenoxy) is 4. The van der Waals surface area contributed by atoms with Crippen LogP contribution in [0.15, 0.2) is 231 Å². The maximum atomic E-state index is 13.0. The maximum Gasteiger partial charge on any atom is 0.361 e. The van der Waals surface area contributed by atoms with E-state index in [1.54, 1.807) is 0 Å². The largest absolute Gasteiger partial charge is 0.477 e. The molecule has 2 unspecified atom stereocenters. The summed E-state index contributed by atoms with van der Waals surface area (Å²) in [7, 11) is 5.94. The summed E-state index contributed by atoms with van der Waals surface area (Å²) in [5, 5.41) is 9.76. The average molecular weight is 1310 g/mol. The first-order valence-electron chi connectivity index (χ1n) is 36.5. The van der Waals surface area contributed by atoms with Crippen LogP contribution in [-0.4, -0.2) is 87.4 Å². The van der Waals surface area contributed by atoms with Crippen molar-refractivity contribution in [2.75, 3.05) is 47.5 Å². The monoisotopic (exact) mass is 1310 g/mol. The molecule has 0 aliphatic rings. The Balaban J connectivity index is 4.29. The van der Waals surface area contributed by atoms with E-state index in [0.29, 0.717) is 23.9 Å². The van der Waals surface area contributed by atoms with Gasteiger partial charge in [0, 0.05) is 12.8 Å². The summed E-state index contributed by atoms with van der Waals surface area (Å²) in [5.74, 6) is -2.08. The standard InChI is InChI=1S/C86H131NO8/c1-6-8-10-12-14-16-18-20-22-24-26-28-30-32-34-36-38-40-42-44-46-48-50-52-54-56-58-60-62-64-66-68-70-72-74-76-83(88)93-80-82(81-94-86(85(90)91)92-79-78-87(3,4)5)95-84(89)77-75-73-71-69-67-65-63-61-59-57-55-53-51-49-47-45-43-41-39-37-35-33-31-29-27-25-23-21-19-17-15-13-11-9-7-2/h8-11,14-17,20-23,26-29,32-35,38-41,44-47,50-53,56-59,63,65,82,86H,6-7,12-13,18-19,24-25,30-31,36-37,42-43,48-49,54-55,60-62,64,66-81H2,1-5H3/p+1/b10-8-,11-9-,16-14-,17-15-,22-20-,23-21-,28-26-,29-27-,34-32-,35-33-,40-38-,41-39-,46-44-,47-45-,52-50-,53-51-,58-56-,59-57-,65-63-. The van der Waals surface area contributed by atoms with Gasteiger partial charge >= 0.3 is 17.9 Å². The third kappa shape index (κ3) is 74.6. The molecule has 0 aromatic carbocycles. The highest BCUT2D eigenvalue weighted by molar-refractivity contribution is 5.71. The molecule has 0 radical (unpaired) electrons. The Bertz CT molecular complexity index is 2420. The minimum atomic E-state index is -1.54. The van der Waals surface area contributed by atoms with Crippen molar-refractivity contribution < 1.29 is 42.9 Å². The van der Waals surface area contributed by atoms with Gasteiger partial charge in [-0.2, -0.15) is 0 Å². The van der Waals surface area contributed by atoms with Gasteiger partial charge in [-0.05, 0) is 161 Å². The number of carboxylic acid groups (broad SMARTS) is 1. The van der Waals surface area contributed by atoms with Gasteiger partial charge in [0.25, 0.3) is 6.29 Å². The zero-order valence-electron chi connectivity index (χ0n) is 60.2. The molecule has 0 amide bonds. The van der Waals surface area contributed by atoms with Crippen LogP contribution in [0.4, 0.5) is 0 Å². The summed E-state index contributed by atoms with van der Waals surface area (Å²) in [4.78, 5) is 37.7. The quantitative estimate of drug-likeness (QED) is 0.0211. The van der Waals surface area contributed by atoms with E-state index in [9.17, 15) is 19.5 Å². The molecule has 1 N–H and O–H groups in total. The molecule has 0 spiro atoms. The highest BCUT2D eigenvalue weighted by atomic mass is 16.7. The Hall–Kier alpha value is -6.65. The molecule has 9 nitrogen and oxygen atoms in total. The van der Waals surface area contributed by atoms with Crippen molar-refractivity contribution in [3.63, 3.8) is 0 Å². The molecular weight excluding hydrogens is 1170 g/mol. The summed E-state index contributed by atoms with van der Waals surface area (Å²) >= 11 is 0. The number of esters is 2. The fourth-order valence-electron chi connectivity index (χ4n) is 8.91. The van der Waals surface area contributed by atoms with E-state index in [0.717, 1.165) is 173 Å². The number of carbonyl (C=O) groups excluding carboxylic acids is 2. The normalized spacial score (nSPS) is 14.1. The molecule has 0 rings (SSSR count). The summed E-state index contributed by atoms with van der Waals surface area (Å²) in [6.07, 6.45) is 114. The zero-order valence-corrected chi connectivity index (χ0v) is 60.2. The van der Waals surface area contributed by atoms with Gasteiger partial charge in [-0.25, -0.2) is 4.79 Å². The van der Waals surface area contributed by atoms with Gasteiger partial charge in [0.2, 0.25) is 0 Å². The van der Waals surface area contributed by atoms with Crippen molar-refractivity contribution in [1.82, 2.24) is 0 Å². The lowest BCUT2D eigenvalue weighted by molar-refractivity contribution is -0.870. The van der Waals surface area contributed by atoms with Gasteiger partial charge in [-0.3, -0.25) is 9.59 Å². The van der Waals surface area contributed by atoms with Crippen LogP contribution < -0.4 is 0 Å². The number of allylic oxidation sites excluding steroid dienone is 38. The molecule has 95 heavy (non-hydrogen) atoms. The Labute approximate surface area is 580 Å². The number of nitrogens with zero attached hydrogens (tertiary/aromatic N) is 1. The summed E-state index contributed by atoms with van der Waals surface area (Å²) < 4.78 is 22.9. The predicted molar refractivity (Wildman–Crippen MR) is 409 cm³/mol. The van der Waals surface area contributed by atoms with Crippen molar-refractivity contribution >= 4 is 17.9 Å². The van der Waals surface area contributed by atoms with Gasteiger partial charge in [-0.15, -0.1) is 0 Å². The van der Waals surface area contributed by atoms with E-state index in [4.69, 9.17) is 18.9 Å². The molecule has 0 saturated carbocycles. The number of unbranched alkanes of at least 4 members (excludes halogenated alkanes) is 11. The fourth-order valence-corrected chi connectivity index (χ4v) is 8.91. The SMILES string of the molecule is CC/C=C\C/C=C\C/C=C\C/C=C\C/C=C\C/C=C\C/C=C\C/C=C\C/C=C\C/C=C\CCCCCCC(=O)OC(COC(=O)CCCCCCCCC/C=C\C/C=C\C/C=C\C/C=C\C/C=C\C/C=C\C/C=C\C/C=C\C/C=C\CC)COC(OCC[N+](C)(C)C)C(=O)O. The number of hydrogen-bond acceptors (Lipinski definition) is 7. The van der Waals surface area contributed by atoms with Crippen LogP contribution in [0.3, 0.4) is 0 Å². The smallest absolute Gasteiger partial charge is 0.361 e. The molecule has 0 aliphatic carbocycles. The van der Waals surface area contributed by atoms with Crippen molar-refractivity contribution in [3.8, 4) is 0 Å². The molecule has 0 aromatic heterocycles. The molecule has 0 fully saturated rings. The summed E-state index contributed by atoms with van der Waals surface area (Å²) in [6, 6.07) is 0. The number of rotatable bonds is 64. The molecule has 0 aliphatic heterocycles. The van der Waals surface area contributed by atoms with E-state index in [1.807, 2.05) is 21.1 Å². The van der Waals surface area contributed by atoms with E-state index in [1.165, 1.54) is 19.3 Å². The Kier molecular flexibility index (Phi) is 68.0. The number of carbonyl (C=O) groups is 3. The van der Waals surface area contributed by atoms with Crippen LogP contribution in [0.1, 0.15) is 232 Å². The minimum absolute atomic E-state index is 0.167. The second kappa shape index (κ2) is 73.2. The lowest BCUT2D eigenvalue weighted by atomic mass is 10.1. The summed E-state index contributed by atoms with van der Waals surface area (Å²) in [6.45, 7) is 4.57. The predicted octanol–water partition coefficient (Wildman–Crippen LogP) is 23.5. The van der Waals surface area contributed by atoms with Gasteiger partial charge in [-0.1, -0.05) is 290 Å². The van der Waals surface area contributed by atoms with Crippen LogP contribution in [0.2, 0.25) is 0 Å². The van der Waals surface area contributed by atoms with E-state index >= 15 is 0 Å². The number of aliphatic carboxylic acids is 1. The molecule has 0 aromatic rings. The van der Waals surface area contributed by atoms with Gasteiger partial charge in [0.05, 0.1) is 34.4 Å². The van der Waals surface area contributed by atoms with Crippen molar-refractivity contribution in [1.29, 1.82) is 0 Å². The average Bonchev–Trinajstić information content (AvgIpc) is 3.58. The topological polar surface area (TPSA) is 108 Å². The zero-order chi connectivity index (χ0) is 69.0. The summed E-state index contributed by atoms with van der Waals surface area (Å²) in [5.41, 5.74) is 0. The molecule has 528 valence electrons. The van der Waals surface area contributed by atoms with Crippen LogP contribution in [0.5, 0.6) is 0 Å². The van der Waals surface area contributed by atoms with Crippen LogP contribution in [0, 0.1) is 0 Å². The third-order valence-electron chi connectivity index (χ3n) is 14.4. The first-order valence-corrected chi connectivity index (χ1v) is 36.5. The van der Waals surface area contributed by atoms with Gasteiger partial charge < -0.3 is 28.5 Å². The first kappa shape index (κ1) is 88.4. The van der Waals surface area contributed by atoms with Crippen molar-refractivity contribution in [2.45, 2.75) is 245 Å². The van der Waals surface area contributed by atoms with Crippen LogP contribution in [0.25, 0.3) is 0 Å². The molecular formula is C86H132NO8+. The first-order chi connectivity index (χ1) is 46.6. The molecule has 9 heteroatoms. The number of carboxylic acids is 1. The minimum Gasteiger partial charge on any atom is -0.477 e. The van der Waals surface area contributed by atoms with E-state index < -0.39 is 24.3 Å². The number of hydrogen-bond donors (Lipinski definition) is 1. The third-order valence-corrected chi connectivity index (χ3v) is 14.4. The highest BCUT2D eigenvalue weighted by Gasteiger charge is 2.25. The second-order valence-corrected chi connectivity index (χ2v) is 24.4. The Morgan fingerprint density at radius 2 is 0.568 bits per heavy atom. The van der Waals surface area contributed by atoms with Gasteiger partial charge in [0.15, 0.2) is 6.10 Å². The molecule has 0 heterocycles. The molecule has 2 atom stereocenters. The highest BCUT2D eigenvalue weighted by Crippen LogP contribution is 2.14. The fraction of sp³-hybridized carbons (Fsp3) is 0.523. The van der Waals surface area contributed by atoms with E-state index in [2.05, 4.69) is 245 Å². The van der Waals surface area contributed by atoms with E-state index in [-0.39, 0.29) is 38.6 Å². The molecule has 0 saturated heterocycles.